The maximum absolute atomic E-state index is 8.59. The molecule has 0 aliphatic carbocycles. The molecule has 0 saturated heterocycles. The number of rotatable bonds is 2. The molecule has 3 heteroatoms. The van der Waals surface area contributed by atoms with Crippen LogP contribution in [0.15, 0.2) is 42.9 Å². The Bertz CT molecular complexity index is 451. The van der Waals surface area contributed by atoms with Gasteiger partial charge in [-0.1, -0.05) is 30.3 Å². The lowest BCUT2D eigenvalue weighted by atomic mass is 10.2. The van der Waals surface area contributed by atoms with E-state index in [0.717, 1.165) is 6.54 Å². The van der Waals surface area contributed by atoms with E-state index < -0.39 is 0 Å². The van der Waals surface area contributed by atoms with Gasteiger partial charge < -0.3 is 4.57 Å². The van der Waals surface area contributed by atoms with Crippen LogP contribution >= 0.6 is 0 Å². The summed E-state index contributed by atoms with van der Waals surface area (Å²) >= 11 is 0. The predicted octanol–water partition coefficient (Wildman–Crippen LogP) is 1.80. The van der Waals surface area contributed by atoms with E-state index in [0.29, 0.717) is 5.69 Å². The third-order valence-electron chi connectivity index (χ3n) is 1.96. The van der Waals surface area contributed by atoms with Gasteiger partial charge in [-0.3, -0.25) is 0 Å². The van der Waals surface area contributed by atoms with Crippen LogP contribution in [-0.2, 0) is 6.54 Å². The molecule has 0 atom stereocenters. The second kappa shape index (κ2) is 3.75. The molecule has 0 aliphatic rings. The monoisotopic (exact) mass is 183 g/mol. The highest BCUT2D eigenvalue weighted by Gasteiger charge is 1.97. The molecule has 1 heterocycles. The van der Waals surface area contributed by atoms with Crippen molar-refractivity contribution in [2.45, 2.75) is 6.54 Å². The van der Waals surface area contributed by atoms with Crippen LogP contribution in [-0.4, -0.2) is 9.55 Å². The van der Waals surface area contributed by atoms with Crippen LogP contribution in [0.1, 0.15) is 11.3 Å². The SMILES string of the molecule is N#Cc1cn(Cc2ccccc2)cn1. The minimum Gasteiger partial charge on any atom is -0.332 e. The van der Waals surface area contributed by atoms with Gasteiger partial charge in [0.05, 0.1) is 6.33 Å². The van der Waals surface area contributed by atoms with E-state index in [2.05, 4.69) is 4.98 Å². The quantitative estimate of drug-likeness (QED) is 0.712. The van der Waals surface area contributed by atoms with Crippen molar-refractivity contribution >= 4 is 0 Å². The Morgan fingerprint density at radius 1 is 1.29 bits per heavy atom. The summed E-state index contributed by atoms with van der Waals surface area (Å²) < 4.78 is 1.90. The molecule has 1 aromatic carbocycles. The zero-order valence-corrected chi connectivity index (χ0v) is 7.59. The van der Waals surface area contributed by atoms with Gasteiger partial charge in [0.15, 0.2) is 5.69 Å². The summed E-state index contributed by atoms with van der Waals surface area (Å²) in [6, 6.07) is 12.1. The highest BCUT2D eigenvalue weighted by molar-refractivity contribution is 5.18. The fourth-order valence-corrected chi connectivity index (χ4v) is 1.30. The molecule has 0 saturated carbocycles. The van der Waals surface area contributed by atoms with E-state index in [-0.39, 0.29) is 0 Å². The van der Waals surface area contributed by atoms with Crippen LogP contribution in [0.5, 0.6) is 0 Å². The molecule has 0 aliphatic heterocycles. The fourth-order valence-electron chi connectivity index (χ4n) is 1.30. The molecule has 3 nitrogen and oxygen atoms in total. The molecular formula is C11H9N3. The predicted molar refractivity (Wildman–Crippen MR) is 52.5 cm³/mol. The van der Waals surface area contributed by atoms with Crippen molar-refractivity contribution in [1.29, 1.82) is 5.26 Å². The normalized spacial score (nSPS) is 9.64. The minimum atomic E-state index is 0.459. The molecule has 0 bridgehead atoms. The van der Waals surface area contributed by atoms with Gasteiger partial charge in [0.2, 0.25) is 0 Å². The number of nitrogens with zero attached hydrogens (tertiary/aromatic N) is 3. The third-order valence-corrected chi connectivity index (χ3v) is 1.96. The Hall–Kier alpha value is -2.08. The number of benzene rings is 1. The highest BCUT2D eigenvalue weighted by atomic mass is 15.0. The summed E-state index contributed by atoms with van der Waals surface area (Å²) in [4.78, 5) is 3.93. The van der Waals surface area contributed by atoms with Crippen molar-refractivity contribution in [3.8, 4) is 6.07 Å². The largest absolute Gasteiger partial charge is 0.332 e. The van der Waals surface area contributed by atoms with Crippen molar-refractivity contribution in [1.82, 2.24) is 9.55 Å². The molecule has 2 aromatic rings. The molecule has 0 fully saturated rings. The topological polar surface area (TPSA) is 41.6 Å². The van der Waals surface area contributed by atoms with Crippen LogP contribution in [0.25, 0.3) is 0 Å². The summed E-state index contributed by atoms with van der Waals surface area (Å²) in [7, 11) is 0. The van der Waals surface area contributed by atoms with E-state index in [4.69, 9.17) is 5.26 Å². The smallest absolute Gasteiger partial charge is 0.158 e. The van der Waals surface area contributed by atoms with E-state index in [1.807, 2.05) is 41.0 Å². The second-order valence-corrected chi connectivity index (χ2v) is 3.03. The number of hydrogen-bond donors (Lipinski definition) is 0. The van der Waals surface area contributed by atoms with Gasteiger partial charge in [0, 0.05) is 12.7 Å². The zero-order chi connectivity index (χ0) is 9.80. The first-order chi connectivity index (χ1) is 6.88. The Balaban J connectivity index is 2.16. The molecule has 1 aromatic heterocycles. The summed E-state index contributed by atoms with van der Waals surface area (Å²) in [6.07, 6.45) is 3.42. The van der Waals surface area contributed by atoms with Crippen LogP contribution in [0.2, 0.25) is 0 Å². The van der Waals surface area contributed by atoms with Crippen molar-refractivity contribution in [2.24, 2.45) is 0 Å². The molecule has 0 unspecified atom stereocenters. The average molecular weight is 183 g/mol. The molecule has 2 rings (SSSR count). The Morgan fingerprint density at radius 2 is 2.07 bits per heavy atom. The number of hydrogen-bond acceptors (Lipinski definition) is 2. The van der Waals surface area contributed by atoms with Crippen LogP contribution in [0, 0.1) is 11.3 Å². The molecule has 0 N–H and O–H groups in total. The molecular weight excluding hydrogens is 174 g/mol. The minimum absolute atomic E-state index is 0.459. The van der Waals surface area contributed by atoms with Gasteiger partial charge in [-0.2, -0.15) is 5.26 Å². The van der Waals surface area contributed by atoms with Crippen LogP contribution in [0.4, 0.5) is 0 Å². The van der Waals surface area contributed by atoms with Gasteiger partial charge in [0.25, 0.3) is 0 Å². The van der Waals surface area contributed by atoms with E-state index in [9.17, 15) is 0 Å². The van der Waals surface area contributed by atoms with Crippen LogP contribution < -0.4 is 0 Å². The van der Waals surface area contributed by atoms with Gasteiger partial charge in [-0.25, -0.2) is 4.98 Å². The van der Waals surface area contributed by atoms with Gasteiger partial charge in [-0.15, -0.1) is 0 Å². The lowest BCUT2D eigenvalue weighted by Crippen LogP contribution is -1.95. The van der Waals surface area contributed by atoms with E-state index >= 15 is 0 Å². The second-order valence-electron chi connectivity index (χ2n) is 3.03. The standard InChI is InChI=1S/C11H9N3/c12-6-11-8-14(9-13-11)7-10-4-2-1-3-5-10/h1-5,8-9H,7H2. The fraction of sp³-hybridized carbons (Fsp3) is 0.0909. The summed E-state index contributed by atoms with van der Waals surface area (Å²) in [5, 5.41) is 8.59. The third kappa shape index (κ3) is 1.80. The maximum atomic E-state index is 8.59. The summed E-state index contributed by atoms with van der Waals surface area (Å²) in [6.45, 7) is 0.759. The van der Waals surface area contributed by atoms with Gasteiger partial charge >= 0.3 is 0 Å². The number of nitriles is 1. The lowest BCUT2D eigenvalue weighted by Gasteiger charge is -2.00. The highest BCUT2D eigenvalue weighted by Crippen LogP contribution is 2.02. The average Bonchev–Trinajstić information content (AvgIpc) is 2.67. The molecule has 0 radical (unpaired) electrons. The van der Waals surface area contributed by atoms with E-state index in [1.165, 1.54) is 5.56 Å². The molecule has 14 heavy (non-hydrogen) atoms. The van der Waals surface area contributed by atoms with Crippen molar-refractivity contribution < 1.29 is 0 Å². The Kier molecular flexibility index (Phi) is 2.28. The first kappa shape index (κ1) is 8.52. The Morgan fingerprint density at radius 3 is 2.71 bits per heavy atom. The Labute approximate surface area is 82.2 Å². The van der Waals surface area contributed by atoms with Crippen molar-refractivity contribution in [3.63, 3.8) is 0 Å². The van der Waals surface area contributed by atoms with Gasteiger partial charge in [0.1, 0.15) is 6.07 Å². The van der Waals surface area contributed by atoms with Crippen molar-refractivity contribution in [3.05, 3.63) is 54.1 Å². The first-order valence-corrected chi connectivity index (χ1v) is 4.34. The number of imidazole rings is 1. The number of aromatic nitrogens is 2. The van der Waals surface area contributed by atoms with Gasteiger partial charge in [-0.05, 0) is 5.56 Å². The first-order valence-electron chi connectivity index (χ1n) is 4.34. The van der Waals surface area contributed by atoms with Crippen molar-refractivity contribution in [2.75, 3.05) is 0 Å². The molecule has 0 amide bonds. The summed E-state index contributed by atoms with van der Waals surface area (Å²) in [5.41, 5.74) is 1.66. The molecule has 68 valence electrons. The summed E-state index contributed by atoms with van der Waals surface area (Å²) in [5.74, 6) is 0. The van der Waals surface area contributed by atoms with E-state index in [1.54, 1.807) is 12.5 Å². The molecule has 0 spiro atoms. The lowest BCUT2D eigenvalue weighted by molar-refractivity contribution is 0.797. The zero-order valence-electron chi connectivity index (χ0n) is 7.59. The van der Waals surface area contributed by atoms with Crippen LogP contribution in [0.3, 0.4) is 0 Å². The maximum Gasteiger partial charge on any atom is 0.158 e.